The summed E-state index contributed by atoms with van der Waals surface area (Å²) in [6.07, 6.45) is 0.286. The summed E-state index contributed by atoms with van der Waals surface area (Å²) in [6, 6.07) is 7.06. The van der Waals surface area contributed by atoms with E-state index in [1.165, 1.54) is 6.92 Å². The van der Waals surface area contributed by atoms with Crippen molar-refractivity contribution in [3.05, 3.63) is 29.8 Å². The number of amides is 3. The number of benzene rings is 1. The maximum atomic E-state index is 12.5. The van der Waals surface area contributed by atoms with Crippen molar-refractivity contribution < 1.29 is 19.1 Å². The second-order valence-corrected chi connectivity index (χ2v) is 8.64. The number of nitrogens with zero attached hydrogens (tertiary/aromatic N) is 2. The van der Waals surface area contributed by atoms with Crippen LogP contribution in [0.3, 0.4) is 0 Å². The minimum Gasteiger partial charge on any atom is -0.444 e. The summed E-state index contributed by atoms with van der Waals surface area (Å²) in [5.74, 6) is -0.273. The Morgan fingerprint density at radius 2 is 1.97 bits per heavy atom. The molecule has 2 heterocycles. The van der Waals surface area contributed by atoms with Gasteiger partial charge in [-0.05, 0) is 45.4 Å². The van der Waals surface area contributed by atoms with Gasteiger partial charge in [0.25, 0.3) is 5.91 Å². The van der Waals surface area contributed by atoms with Crippen molar-refractivity contribution in [2.45, 2.75) is 51.8 Å². The van der Waals surface area contributed by atoms with Gasteiger partial charge < -0.3 is 25.2 Å². The lowest BCUT2D eigenvalue weighted by atomic mass is 10.1. The van der Waals surface area contributed by atoms with Crippen molar-refractivity contribution in [3.8, 4) is 0 Å². The standard InChI is InChI=1S/C21H30N4O4/c1-14(26)25(18-8-9-24(13-18)20(28)29-21(2,3)4)17-7-5-6-15(10-17)19(27)23-16-11-22-12-16/h5-7,10,16,18,22H,8-9,11-13H2,1-4H3,(H,23,27). The van der Waals surface area contributed by atoms with Gasteiger partial charge in [-0.2, -0.15) is 0 Å². The van der Waals surface area contributed by atoms with Crippen molar-refractivity contribution in [3.63, 3.8) is 0 Å². The molecule has 2 saturated heterocycles. The molecule has 0 bridgehead atoms. The molecule has 3 rings (SSSR count). The summed E-state index contributed by atoms with van der Waals surface area (Å²) in [4.78, 5) is 40.6. The number of carbonyl (C=O) groups is 3. The molecule has 1 atom stereocenters. The van der Waals surface area contributed by atoms with Crippen LogP contribution in [0.5, 0.6) is 0 Å². The van der Waals surface area contributed by atoms with Crippen LogP contribution in [0.25, 0.3) is 0 Å². The van der Waals surface area contributed by atoms with Crippen LogP contribution in [-0.2, 0) is 9.53 Å². The smallest absolute Gasteiger partial charge is 0.410 e. The zero-order valence-electron chi connectivity index (χ0n) is 17.5. The van der Waals surface area contributed by atoms with Crippen LogP contribution >= 0.6 is 0 Å². The van der Waals surface area contributed by atoms with Crippen molar-refractivity contribution >= 4 is 23.6 Å². The van der Waals surface area contributed by atoms with E-state index < -0.39 is 5.60 Å². The van der Waals surface area contributed by atoms with Gasteiger partial charge in [0.15, 0.2) is 0 Å². The summed E-state index contributed by atoms with van der Waals surface area (Å²) in [5, 5.41) is 6.08. The highest BCUT2D eigenvalue weighted by molar-refractivity contribution is 5.98. The minimum absolute atomic E-state index is 0.123. The van der Waals surface area contributed by atoms with Crippen LogP contribution in [0.4, 0.5) is 10.5 Å². The molecule has 0 saturated carbocycles. The number of hydrogen-bond acceptors (Lipinski definition) is 5. The highest BCUT2D eigenvalue weighted by Gasteiger charge is 2.34. The average molecular weight is 402 g/mol. The van der Waals surface area contributed by atoms with Crippen LogP contribution < -0.4 is 15.5 Å². The molecule has 2 N–H and O–H groups in total. The third-order valence-electron chi connectivity index (χ3n) is 5.02. The number of hydrogen-bond donors (Lipinski definition) is 2. The number of carbonyl (C=O) groups excluding carboxylic acids is 3. The molecule has 0 spiro atoms. The number of nitrogens with one attached hydrogen (secondary N) is 2. The summed E-state index contributed by atoms with van der Waals surface area (Å²) < 4.78 is 5.45. The first-order valence-corrected chi connectivity index (χ1v) is 10.0. The highest BCUT2D eigenvalue weighted by Crippen LogP contribution is 2.25. The molecule has 3 amide bonds. The molecular formula is C21H30N4O4. The maximum absolute atomic E-state index is 12.5. The van der Waals surface area contributed by atoms with E-state index in [2.05, 4.69) is 10.6 Å². The van der Waals surface area contributed by atoms with Crippen molar-refractivity contribution in [2.75, 3.05) is 31.1 Å². The number of rotatable bonds is 4. The molecule has 2 fully saturated rings. The maximum Gasteiger partial charge on any atom is 0.410 e. The van der Waals surface area contributed by atoms with E-state index in [0.717, 1.165) is 13.1 Å². The van der Waals surface area contributed by atoms with E-state index in [1.807, 2.05) is 26.8 Å². The molecule has 1 aromatic rings. The molecule has 29 heavy (non-hydrogen) atoms. The van der Waals surface area contributed by atoms with Crippen LogP contribution in [0.15, 0.2) is 24.3 Å². The van der Waals surface area contributed by atoms with Gasteiger partial charge in [-0.15, -0.1) is 0 Å². The lowest BCUT2D eigenvalue weighted by Gasteiger charge is -2.30. The van der Waals surface area contributed by atoms with E-state index in [4.69, 9.17) is 4.74 Å². The summed E-state index contributed by atoms with van der Waals surface area (Å²) in [7, 11) is 0. The first-order chi connectivity index (χ1) is 13.6. The summed E-state index contributed by atoms with van der Waals surface area (Å²) in [6.45, 7) is 9.46. The Bertz CT molecular complexity index is 785. The SMILES string of the molecule is CC(=O)N(c1cccc(C(=O)NC2CNC2)c1)C1CCN(C(=O)OC(C)(C)C)C1. The van der Waals surface area contributed by atoms with Gasteiger partial charge in [0, 0.05) is 44.4 Å². The van der Waals surface area contributed by atoms with Crippen molar-refractivity contribution in [1.29, 1.82) is 0 Å². The number of ether oxygens (including phenoxy) is 1. The van der Waals surface area contributed by atoms with Crippen LogP contribution in [-0.4, -0.2) is 66.7 Å². The predicted octanol–water partition coefficient (Wildman–Crippen LogP) is 1.75. The summed E-state index contributed by atoms with van der Waals surface area (Å²) in [5.41, 5.74) is 0.614. The fourth-order valence-electron chi connectivity index (χ4n) is 3.55. The van der Waals surface area contributed by atoms with Gasteiger partial charge >= 0.3 is 6.09 Å². The van der Waals surface area contributed by atoms with Gasteiger partial charge in [0.05, 0.1) is 12.1 Å². The molecular weight excluding hydrogens is 372 g/mol. The Balaban J connectivity index is 1.71. The van der Waals surface area contributed by atoms with E-state index in [0.29, 0.717) is 30.8 Å². The molecule has 2 aliphatic rings. The average Bonchev–Trinajstić information content (AvgIpc) is 3.06. The van der Waals surface area contributed by atoms with E-state index in [1.54, 1.807) is 28.0 Å². The molecule has 158 valence electrons. The number of likely N-dealkylation sites (tertiary alicyclic amines) is 1. The molecule has 0 aromatic heterocycles. The van der Waals surface area contributed by atoms with Gasteiger partial charge in [-0.25, -0.2) is 4.79 Å². The minimum atomic E-state index is -0.562. The topological polar surface area (TPSA) is 91.0 Å². The molecule has 1 aromatic carbocycles. The van der Waals surface area contributed by atoms with E-state index in [-0.39, 0.29) is 30.0 Å². The highest BCUT2D eigenvalue weighted by atomic mass is 16.6. The molecule has 0 radical (unpaired) electrons. The van der Waals surface area contributed by atoms with Gasteiger partial charge in [-0.1, -0.05) is 6.07 Å². The van der Waals surface area contributed by atoms with Crippen molar-refractivity contribution in [2.24, 2.45) is 0 Å². The molecule has 8 nitrogen and oxygen atoms in total. The second kappa shape index (κ2) is 8.41. The van der Waals surface area contributed by atoms with Gasteiger partial charge in [0.1, 0.15) is 5.60 Å². The molecule has 1 unspecified atom stereocenters. The first kappa shape index (κ1) is 21.1. The quantitative estimate of drug-likeness (QED) is 0.801. The van der Waals surface area contributed by atoms with E-state index >= 15 is 0 Å². The Kier molecular flexibility index (Phi) is 6.12. The fourth-order valence-corrected chi connectivity index (χ4v) is 3.55. The summed E-state index contributed by atoms with van der Waals surface area (Å²) >= 11 is 0. The Morgan fingerprint density at radius 1 is 1.24 bits per heavy atom. The zero-order chi connectivity index (χ0) is 21.2. The predicted molar refractivity (Wildman–Crippen MR) is 110 cm³/mol. The van der Waals surface area contributed by atoms with Crippen LogP contribution in [0.1, 0.15) is 44.5 Å². The Morgan fingerprint density at radius 3 is 2.55 bits per heavy atom. The fraction of sp³-hybridized carbons (Fsp3) is 0.571. The van der Waals surface area contributed by atoms with E-state index in [9.17, 15) is 14.4 Å². The molecule has 0 aliphatic carbocycles. The lowest BCUT2D eigenvalue weighted by Crippen LogP contribution is -2.56. The zero-order valence-corrected chi connectivity index (χ0v) is 17.5. The van der Waals surface area contributed by atoms with Crippen LogP contribution in [0.2, 0.25) is 0 Å². The third-order valence-corrected chi connectivity index (χ3v) is 5.02. The largest absolute Gasteiger partial charge is 0.444 e. The Labute approximate surface area is 171 Å². The molecule has 8 heteroatoms. The third kappa shape index (κ3) is 5.26. The van der Waals surface area contributed by atoms with Crippen molar-refractivity contribution in [1.82, 2.24) is 15.5 Å². The normalized spacial score (nSPS) is 19.4. The molecule has 2 aliphatic heterocycles. The monoisotopic (exact) mass is 402 g/mol. The first-order valence-electron chi connectivity index (χ1n) is 10.0. The van der Waals surface area contributed by atoms with Gasteiger partial charge in [-0.3, -0.25) is 9.59 Å². The number of anilines is 1. The second-order valence-electron chi connectivity index (χ2n) is 8.64. The van der Waals surface area contributed by atoms with Gasteiger partial charge in [0.2, 0.25) is 5.91 Å². The van der Waals surface area contributed by atoms with Crippen LogP contribution in [0, 0.1) is 0 Å². The Hall–Kier alpha value is -2.61. The lowest BCUT2D eigenvalue weighted by molar-refractivity contribution is -0.117.